The van der Waals surface area contributed by atoms with E-state index in [0.717, 1.165) is 17.5 Å². The van der Waals surface area contributed by atoms with E-state index in [-0.39, 0.29) is 24.3 Å². The molecular weight excluding hydrogens is 244 g/mol. The van der Waals surface area contributed by atoms with Crippen molar-refractivity contribution in [2.24, 2.45) is 0 Å². The maximum atomic E-state index is 11.9. The van der Waals surface area contributed by atoms with E-state index in [9.17, 15) is 9.59 Å². The minimum atomic E-state index is -0.490. The van der Waals surface area contributed by atoms with Gasteiger partial charge in [0, 0.05) is 0 Å². The van der Waals surface area contributed by atoms with E-state index in [1.54, 1.807) is 26.0 Å². The minimum Gasteiger partial charge on any atom is -0.462 e. The van der Waals surface area contributed by atoms with Crippen LogP contribution in [-0.2, 0) is 15.9 Å². The molecule has 0 aromatic heterocycles. The van der Waals surface area contributed by atoms with Gasteiger partial charge in [0.1, 0.15) is 0 Å². The standard InChI is InChI=1S/C15H20O4/c1-5-11-9-13(15(17)19-7-3)12(8-10(11)4)14(16)18-6-2/h8-9H,5-7H2,1-4H3. The van der Waals surface area contributed by atoms with Crippen molar-refractivity contribution in [3.8, 4) is 0 Å². The summed E-state index contributed by atoms with van der Waals surface area (Å²) < 4.78 is 9.97. The van der Waals surface area contributed by atoms with Crippen molar-refractivity contribution in [1.29, 1.82) is 0 Å². The molecular formula is C15H20O4. The van der Waals surface area contributed by atoms with Gasteiger partial charge in [-0.15, -0.1) is 0 Å². The molecule has 0 fully saturated rings. The summed E-state index contributed by atoms with van der Waals surface area (Å²) in [5, 5.41) is 0. The second-order valence-electron chi connectivity index (χ2n) is 4.12. The zero-order valence-corrected chi connectivity index (χ0v) is 11.9. The highest BCUT2D eigenvalue weighted by molar-refractivity contribution is 6.03. The van der Waals surface area contributed by atoms with E-state index in [4.69, 9.17) is 9.47 Å². The predicted octanol–water partition coefficient (Wildman–Crippen LogP) is 2.91. The Bertz CT molecular complexity index is 477. The molecule has 4 heteroatoms. The average Bonchev–Trinajstić information content (AvgIpc) is 2.38. The number of hydrogen-bond acceptors (Lipinski definition) is 4. The molecule has 0 aliphatic rings. The first-order valence-electron chi connectivity index (χ1n) is 6.52. The third kappa shape index (κ3) is 3.56. The minimum absolute atomic E-state index is 0.273. The van der Waals surface area contributed by atoms with Gasteiger partial charge in [0.25, 0.3) is 0 Å². The highest BCUT2D eigenvalue weighted by Crippen LogP contribution is 2.19. The monoisotopic (exact) mass is 264 g/mol. The topological polar surface area (TPSA) is 52.6 Å². The molecule has 1 aromatic carbocycles. The second kappa shape index (κ2) is 6.92. The van der Waals surface area contributed by atoms with E-state index in [1.807, 2.05) is 13.8 Å². The summed E-state index contributed by atoms with van der Waals surface area (Å²) in [6.07, 6.45) is 0.793. The molecule has 4 nitrogen and oxygen atoms in total. The van der Waals surface area contributed by atoms with Crippen LogP contribution >= 0.6 is 0 Å². The first kappa shape index (κ1) is 15.2. The second-order valence-corrected chi connectivity index (χ2v) is 4.12. The third-order valence-corrected chi connectivity index (χ3v) is 2.85. The Kier molecular flexibility index (Phi) is 5.55. The fraction of sp³-hybridized carbons (Fsp3) is 0.467. The maximum Gasteiger partial charge on any atom is 0.339 e. The van der Waals surface area contributed by atoms with Crippen LogP contribution < -0.4 is 0 Å². The van der Waals surface area contributed by atoms with Crippen molar-refractivity contribution >= 4 is 11.9 Å². The first-order valence-corrected chi connectivity index (χ1v) is 6.52. The van der Waals surface area contributed by atoms with Crippen LogP contribution in [0.2, 0.25) is 0 Å². The van der Waals surface area contributed by atoms with Crippen LogP contribution in [0.25, 0.3) is 0 Å². The summed E-state index contributed by atoms with van der Waals surface area (Å²) >= 11 is 0. The molecule has 0 heterocycles. The van der Waals surface area contributed by atoms with Gasteiger partial charge in [-0.3, -0.25) is 0 Å². The molecule has 0 amide bonds. The van der Waals surface area contributed by atoms with Gasteiger partial charge in [0.15, 0.2) is 0 Å². The van der Waals surface area contributed by atoms with Crippen LogP contribution in [0, 0.1) is 6.92 Å². The summed E-state index contributed by atoms with van der Waals surface area (Å²) in [6.45, 7) is 7.93. The van der Waals surface area contributed by atoms with E-state index in [2.05, 4.69) is 0 Å². The Morgan fingerprint density at radius 1 is 0.947 bits per heavy atom. The zero-order valence-electron chi connectivity index (χ0n) is 11.9. The van der Waals surface area contributed by atoms with Crippen LogP contribution in [-0.4, -0.2) is 25.2 Å². The van der Waals surface area contributed by atoms with Gasteiger partial charge in [-0.05, 0) is 50.5 Å². The molecule has 1 aromatic rings. The van der Waals surface area contributed by atoms with Gasteiger partial charge < -0.3 is 9.47 Å². The van der Waals surface area contributed by atoms with Crippen molar-refractivity contribution in [3.63, 3.8) is 0 Å². The molecule has 0 saturated heterocycles. The number of esters is 2. The fourth-order valence-corrected chi connectivity index (χ4v) is 1.89. The quantitative estimate of drug-likeness (QED) is 0.767. The molecule has 0 saturated carbocycles. The third-order valence-electron chi connectivity index (χ3n) is 2.85. The maximum absolute atomic E-state index is 11.9. The van der Waals surface area contributed by atoms with Gasteiger partial charge in [-0.1, -0.05) is 6.92 Å². The van der Waals surface area contributed by atoms with Crippen LogP contribution in [0.3, 0.4) is 0 Å². The lowest BCUT2D eigenvalue weighted by atomic mass is 9.97. The summed E-state index contributed by atoms with van der Waals surface area (Å²) in [7, 11) is 0. The lowest BCUT2D eigenvalue weighted by Crippen LogP contribution is -2.15. The Morgan fingerprint density at radius 2 is 1.42 bits per heavy atom. The Hall–Kier alpha value is -1.84. The van der Waals surface area contributed by atoms with Crippen molar-refractivity contribution in [2.45, 2.75) is 34.1 Å². The van der Waals surface area contributed by atoms with Gasteiger partial charge >= 0.3 is 11.9 Å². The Balaban J connectivity index is 3.30. The predicted molar refractivity (Wildman–Crippen MR) is 72.5 cm³/mol. The van der Waals surface area contributed by atoms with Gasteiger partial charge in [-0.25, -0.2) is 9.59 Å². The number of carbonyl (C=O) groups excluding carboxylic acids is 2. The average molecular weight is 264 g/mol. The van der Waals surface area contributed by atoms with Crippen molar-refractivity contribution < 1.29 is 19.1 Å². The molecule has 0 spiro atoms. The number of carbonyl (C=O) groups is 2. The SMILES string of the molecule is CCOC(=O)c1cc(C)c(CC)cc1C(=O)OCC. The molecule has 0 bridgehead atoms. The largest absolute Gasteiger partial charge is 0.462 e. The van der Waals surface area contributed by atoms with Crippen molar-refractivity contribution in [1.82, 2.24) is 0 Å². The van der Waals surface area contributed by atoms with Gasteiger partial charge in [0.2, 0.25) is 0 Å². The molecule has 0 atom stereocenters. The molecule has 19 heavy (non-hydrogen) atoms. The first-order chi connectivity index (χ1) is 9.04. The number of aryl methyl sites for hydroxylation is 2. The molecule has 0 radical (unpaired) electrons. The molecule has 0 aliphatic heterocycles. The van der Waals surface area contributed by atoms with Gasteiger partial charge in [0.05, 0.1) is 24.3 Å². The van der Waals surface area contributed by atoms with Crippen LogP contribution in [0.5, 0.6) is 0 Å². The summed E-state index contributed by atoms with van der Waals surface area (Å²) in [4.78, 5) is 23.8. The smallest absolute Gasteiger partial charge is 0.339 e. The fourth-order valence-electron chi connectivity index (χ4n) is 1.89. The van der Waals surface area contributed by atoms with Crippen LogP contribution in [0.1, 0.15) is 52.6 Å². The van der Waals surface area contributed by atoms with Crippen molar-refractivity contribution in [2.75, 3.05) is 13.2 Å². The molecule has 104 valence electrons. The van der Waals surface area contributed by atoms with Crippen LogP contribution in [0.4, 0.5) is 0 Å². The van der Waals surface area contributed by atoms with E-state index < -0.39 is 11.9 Å². The summed E-state index contributed by atoms with van der Waals surface area (Å²) in [5.74, 6) is -0.975. The van der Waals surface area contributed by atoms with E-state index in [1.165, 1.54) is 0 Å². The number of benzene rings is 1. The summed E-state index contributed by atoms with van der Waals surface area (Å²) in [6, 6.07) is 3.42. The van der Waals surface area contributed by atoms with Crippen LogP contribution in [0.15, 0.2) is 12.1 Å². The lowest BCUT2D eigenvalue weighted by Gasteiger charge is -2.12. The normalized spacial score (nSPS) is 10.1. The Morgan fingerprint density at radius 3 is 1.84 bits per heavy atom. The molecule has 1 rings (SSSR count). The number of rotatable bonds is 5. The lowest BCUT2D eigenvalue weighted by molar-refractivity contribution is 0.0478. The molecule has 0 aliphatic carbocycles. The highest BCUT2D eigenvalue weighted by Gasteiger charge is 2.20. The number of ether oxygens (including phenoxy) is 2. The molecule has 0 N–H and O–H groups in total. The Labute approximate surface area is 113 Å². The summed E-state index contributed by atoms with van der Waals surface area (Å²) in [5.41, 5.74) is 2.55. The van der Waals surface area contributed by atoms with E-state index in [0.29, 0.717) is 0 Å². The zero-order chi connectivity index (χ0) is 14.4. The van der Waals surface area contributed by atoms with Crippen molar-refractivity contribution in [3.05, 3.63) is 34.4 Å². The van der Waals surface area contributed by atoms with Gasteiger partial charge in [-0.2, -0.15) is 0 Å². The van der Waals surface area contributed by atoms with E-state index >= 15 is 0 Å². The highest BCUT2D eigenvalue weighted by atomic mass is 16.5. The molecule has 0 unspecified atom stereocenters. The number of hydrogen-bond donors (Lipinski definition) is 0.